The zero-order valence-electron chi connectivity index (χ0n) is 14.3. The molecule has 0 heterocycles. The fraction of sp³-hybridized carbons (Fsp3) is 0.368. The van der Waals surface area contributed by atoms with E-state index >= 15 is 0 Å². The van der Waals surface area contributed by atoms with Gasteiger partial charge in [-0.05, 0) is 42.5 Å². The third-order valence-electron chi connectivity index (χ3n) is 4.30. The molecule has 0 radical (unpaired) electrons. The molecule has 2 N–H and O–H groups in total. The highest BCUT2D eigenvalue weighted by Gasteiger charge is 2.29. The van der Waals surface area contributed by atoms with E-state index in [1.165, 1.54) is 10.9 Å². The lowest BCUT2D eigenvalue weighted by atomic mass is 9.96. The first kappa shape index (κ1) is 17.8. The Hall–Kier alpha value is -1.57. The molecule has 0 spiro atoms. The number of methoxy groups -OCH3 is 1. The number of phenolic OH excluding ortho intramolecular Hbond substituents is 1. The molecule has 0 fully saturated rings. The van der Waals surface area contributed by atoms with Gasteiger partial charge in [0.05, 0.1) is 7.11 Å². The molecule has 0 aliphatic carbocycles. The Balaban J connectivity index is 2.42. The molecule has 3 nitrogen and oxygen atoms in total. The van der Waals surface area contributed by atoms with E-state index in [-0.39, 0.29) is 5.16 Å². The van der Waals surface area contributed by atoms with Crippen LogP contribution in [0.5, 0.6) is 11.5 Å². The van der Waals surface area contributed by atoms with Crippen LogP contribution in [0.1, 0.15) is 31.4 Å². The summed E-state index contributed by atoms with van der Waals surface area (Å²) in [6.45, 7) is 5.25. The van der Waals surface area contributed by atoms with Crippen LogP contribution >= 0.6 is 8.58 Å². The largest absolute Gasteiger partial charge is 0.508 e. The summed E-state index contributed by atoms with van der Waals surface area (Å²) in [5.41, 5.74) is 2.27. The van der Waals surface area contributed by atoms with Gasteiger partial charge in [-0.15, -0.1) is 0 Å². The minimum atomic E-state index is -0.123. The van der Waals surface area contributed by atoms with Crippen molar-refractivity contribution in [3.8, 4) is 11.5 Å². The molecule has 0 saturated heterocycles. The van der Waals surface area contributed by atoms with Crippen molar-refractivity contribution in [2.75, 3.05) is 14.2 Å². The number of rotatable bonds is 7. The number of ether oxygens (including phenoxy) is 1. The van der Waals surface area contributed by atoms with Gasteiger partial charge in [-0.3, -0.25) is 0 Å². The van der Waals surface area contributed by atoms with Gasteiger partial charge in [-0.25, -0.2) is 0 Å². The number of phenols is 1. The Labute approximate surface area is 140 Å². The van der Waals surface area contributed by atoms with Gasteiger partial charge in [0.2, 0.25) is 0 Å². The van der Waals surface area contributed by atoms with Crippen LogP contribution in [0.25, 0.3) is 0 Å². The highest BCUT2D eigenvalue weighted by atomic mass is 31.1. The fourth-order valence-corrected chi connectivity index (χ4v) is 4.33. The van der Waals surface area contributed by atoms with Gasteiger partial charge < -0.3 is 15.2 Å². The van der Waals surface area contributed by atoms with Crippen molar-refractivity contribution >= 4 is 13.9 Å². The van der Waals surface area contributed by atoms with Crippen molar-refractivity contribution in [2.45, 2.75) is 32.0 Å². The van der Waals surface area contributed by atoms with Crippen molar-refractivity contribution in [3.63, 3.8) is 0 Å². The second kappa shape index (κ2) is 7.81. The van der Waals surface area contributed by atoms with E-state index < -0.39 is 0 Å². The summed E-state index contributed by atoms with van der Waals surface area (Å²) in [4.78, 5) is 0. The SMILES string of the molecule is CCC(C)(Pc1ccccc1CNC)c1cc(OC)ccc1O. The summed E-state index contributed by atoms with van der Waals surface area (Å²) < 4.78 is 5.34. The zero-order valence-corrected chi connectivity index (χ0v) is 15.3. The molecule has 0 saturated carbocycles. The molecule has 0 bridgehead atoms. The van der Waals surface area contributed by atoms with Crippen LogP contribution in [-0.4, -0.2) is 19.3 Å². The molecule has 2 aromatic rings. The molecule has 4 heteroatoms. The molecule has 2 unspecified atom stereocenters. The minimum absolute atomic E-state index is 0.123. The van der Waals surface area contributed by atoms with Crippen molar-refractivity contribution in [1.82, 2.24) is 5.32 Å². The Bertz CT molecular complexity index is 660. The maximum absolute atomic E-state index is 10.4. The number of hydrogen-bond acceptors (Lipinski definition) is 3. The average Bonchev–Trinajstić information content (AvgIpc) is 2.57. The molecule has 2 atom stereocenters. The van der Waals surface area contributed by atoms with Gasteiger partial charge >= 0.3 is 0 Å². The van der Waals surface area contributed by atoms with Crippen LogP contribution in [0.3, 0.4) is 0 Å². The first-order chi connectivity index (χ1) is 11.0. The Morgan fingerprint density at radius 1 is 1.22 bits per heavy atom. The highest BCUT2D eigenvalue weighted by Crippen LogP contribution is 2.48. The molecule has 2 rings (SSSR count). The third-order valence-corrected chi connectivity index (χ3v) is 6.23. The Morgan fingerprint density at radius 2 is 1.96 bits per heavy atom. The topological polar surface area (TPSA) is 41.5 Å². The van der Waals surface area contributed by atoms with Gasteiger partial charge in [0.1, 0.15) is 11.5 Å². The van der Waals surface area contributed by atoms with Crippen molar-refractivity contribution in [3.05, 3.63) is 53.6 Å². The third kappa shape index (κ3) is 4.04. The second-order valence-electron chi connectivity index (χ2n) is 5.88. The van der Waals surface area contributed by atoms with Crippen molar-refractivity contribution in [1.29, 1.82) is 0 Å². The predicted molar refractivity (Wildman–Crippen MR) is 99.5 cm³/mol. The lowest BCUT2D eigenvalue weighted by Gasteiger charge is -2.31. The molecule has 0 aromatic heterocycles. The van der Waals surface area contributed by atoms with Crippen LogP contribution in [0.15, 0.2) is 42.5 Å². The van der Waals surface area contributed by atoms with Crippen LogP contribution in [0.4, 0.5) is 0 Å². The van der Waals surface area contributed by atoms with E-state index in [0.717, 1.165) is 24.3 Å². The van der Waals surface area contributed by atoms with Gasteiger partial charge in [-0.1, -0.05) is 46.7 Å². The van der Waals surface area contributed by atoms with E-state index in [9.17, 15) is 5.11 Å². The lowest BCUT2D eigenvalue weighted by Crippen LogP contribution is -2.21. The molecule has 0 aliphatic heterocycles. The van der Waals surface area contributed by atoms with Crippen LogP contribution in [0, 0.1) is 0 Å². The quantitative estimate of drug-likeness (QED) is 0.759. The Kier molecular flexibility index (Phi) is 6.04. The van der Waals surface area contributed by atoms with Gasteiger partial charge in [0.25, 0.3) is 0 Å². The van der Waals surface area contributed by atoms with Crippen LogP contribution in [-0.2, 0) is 11.7 Å². The number of hydrogen-bond donors (Lipinski definition) is 2. The Morgan fingerprint density at radius 3 is 2.61 bits per heavy atom. The maximum atomic E-state index is 10.4. The van der Waals surface area contributed by atoms with E-state index in [0.29, 0.717) is 14.3 Å². The molecular formula is C19H26NO2P. The van der Waals surface area contributed by atoms with Crippen LogP contribution in [0.2, 0.25) is 0 Å². The number of aromatic hydroxyl groups is 1. The molecule has 124 valence electrons. The number of benzene rings is 2. The maximum Gasteiger partial charge on any atom is 0.119 e. The summed E-state index contributed by atoms with van der Waals surface area (Å²) in [6.07, 6.45) is 0.945. The summed E-state index contributed by atoms with van der Waals surface area (Å²) in [5, 5.41) is 14.8. The van der Waals surface area contributed by atoms with E-state index in [1.807, 2.05) is 13.1 Å². The van der Waals surface area contributed by atoms with Gasteiger partial charge in [-0.2, -0.15) is 0 Å². The summed E-state index contributed by atoms with van der Waals surface area (Å²) in [5.74, 6) is 1.12. The summed E-state index contributed by atoms with van der Waals surface area (Å²) >= 11 is 0. The monoisotopic (exact) mass is 331 g/mol. The minimum Gasteiger partial charge on any atom is -0.508 e. The molecule has 23 heavy (non-hydrogen) atoms. The van der Waals surface area contributed by atoms with Crippen molar-refractivity contribution < 1.29 is 9.84 Å². The number of nitrogens with one attached hydrogen (secondary N) is 1. The van der Waals surface area contributed by atoms with E-state index in [1.54, 1.807) is 19.2 Å². The molecular weight excluding hydrogens is 305 g/mol. The standard InChI is InChI=1S/C19H26NO2P/c1-5-19(2,16-12-15(22-4)10-11-17(16)21)23-18-9-7-6-8-14(18)13-20-3/h6-12,20-21,23H,5,13H2,1-4H3. The average molecular weight is 331 g/mol. The molecule has 2 aromatic carbocycles. The van der Waals surface area contributed by atoms with Crippen molar-refractivity contribution in [2.24, 2.45) is 0 Å². The smallest absolute Gasteiger partial charge is 0.119 e. The first-order valence-electron chi connectivity index (χ1n) is 7.92. The molecule has 0 amide bonds. The van der Waals surface area contributed by atoms with Gasteiger partial charge in [0.15, 0.2) is 0 Å². The summed E-state index contributed by atoms with van der Waals surface area (Å²) in [7, 11) is 4.20. The van der Waals surface area contributed by atoms with E-state index in [4.69, 9.17) is 4.74 Å². The zero-order chi connectivity index (χ0) is 16.9. The highest BCUT2D eigenvalue weighted by molar-refractivity contribution is 7.48. The first-order valence-corrected chi connectivity index (χ1v) is 8.92. The van der Waals surface area contributed by atoms with Gasteiger partial charge in [0, 0.05) is 17.3 Å². The summed E-state index contributed by atoms with van der Waals surface area (Å²) in [6, 6.07) is 14.0. The van der Waals surface area contributed by atoms with Crippen LogP contribution < -0.4 is 15.4 Å². The second-order valence-corrected chi connectivity index (χ2v) is 7.77. The predicted octanol–water partition coefficient (Wildman–Crippen LogP) is 3.75. The normalized spacial score (nSPS) is 14.1. The fourth-order valence-electron chi connectivity index (χ4n) is 2.71. The molecule has 0 aliphatic rings. The lowest BCUT2D eigenvalue weighted by molar-refractivity contribution is 0.408. The van der Waals surface area contributed by atoms with E-state index in [2.05, 4.69) is 43.4 Å².